The molecule has 1 aliphatic rings. The van der Waals surface area contributed by atoms with Crippen LogP contribution in [0.4, 0.5) is 0 Å². The second-order valence-corrected chi connectivity index (χ2v) is 6.41. The maximum Gasteiger partial charge on any atom is 0.0879 e. The maximum atomic E-state index is 11.1. The minimum absolute atomic E-state index is 0.188. The summed E-state index contributed by atoms with van der Waals surface area (Å²) in [6.07, 6.45) is 5.62. The smallest absolute Gasteiger partial charge is 0.0879 e. The van der Waals surface area contributed by atoms with Gasteiger partial charge >= 0.3 is 0 Å². The van der Waals surface area contributed by atoms with Crippen LogP contribution in [-0.2, 0) is 0 Å². The van der Waals surface area contributed by atoms with Crippen LogP contribution in [0.3, 0.4) is 0 Å². The Bertz CT molecular complexity index is 622. The number of hydrogen-bond acceptors (Lipinski definition) is 3. The van der Waals surface area contributed by atoms with E-state index in [1.165, 1.54) is 12.8 Å². The number of benzene rings is 1. The normalized spacial score (nSPS) is 27.1. The number of aliphatic hydroxyl groups excluding tert-OH is 1. The minimum Gasteiger partial charge on any atom is -0.388 e. The maximum absolute atomic E-state index is 11.1. The number of fused-ring (bicyclic) bond motifs is 1. The number of pyridine rings is 1. The van der Waals surface area contributed by atoms with E-state index in [0.29, 0.717) is 12.5 Å². The summed E-state index contributed by atoms with van der Waals surface area (Å²) in [7, 11) is 0. The molecule has 2 aromatic rings. The highest BCUT2D eigenvalue weighted by molar-refractivity contribution is 5.82. The van der Waals surface area contributed by atoms with Gasteiger partial charge in [0.15, 0.2) is 0 Å². The fourth-order valence-electron chi connectivity index (χ4n) is 3.84. The Morgan fingerprint density at radius 1 is 1.38 bits per heavy atom. The third kappa shape index (κ3) is 2.45. The van der Waals surface area contributed by atoms with Gasteiger partial charge in [0.2, 0.25) is 0 Å². The zero-order valence-corrected chi connectivity index (χ0v) is 12.6. The number of aliphatic hydroxyl groups is 1. The van der Waals surface area contributed by atoms with Gasteiger partial charge in [0, 0.05) is 29.1 Å². The molecule has 112 valence electrons. The van der Waals surface area contributed by atoms with Gasteiger partial charge in [0.25, 0.3) is 0 Å². The molecule has 3 rings (SSSR count). The van der Waals surface area contributed by atoms with Crippen LogP contribution in [0, 0.1) is 11.3 Å². The van der Waals surface area contributed by atoms with Crippen molar-refractivity contribution in [2.24, 2.45) is 17.1 Å². The van der Waals surface area contributed by atoms with Crippen molar-refractivity contribution >= 4 is 10.9 Å². The van der Waals surface area contributed by atoms with Crippen LogP contribution in [0.15, 0.2) is 36.5 Å². The van der Waals surface area contributed by atoms with E-state index in [-0.39, 0.29) is 5.41 Å². The first kappa shape index (κ1) is 14.5. The lowest BCUT2D eigenvalue weighted by molar-refractivity contribution is 0.0311. The quantitative estimate of drug-likeness (QED) is 0.904. The first-order valence-corrected chi connectivity index (χ1v) is 7.92. The van der Waals surface area contributed by atoms with Crippen LogP contribution in [0.5, 0.6) is 0 Å². The summed E-state index contributed by atoms with van der Waals surface area (Å²) in [5.41, 5.74) is 7.73. The average Bonchev–Trinajstić information content (AvgIpc) is 2.98. The van der Waals surface area contributed by atoms with Crippen molar-refractivity contribution in [3.05, 3.63) is 42.1 Å². The van der Waals surface area contributed by atoms with Crippen LogP contribution in [-0.4, -0.2) is 16.6 Å². The van der Waals surface area contributed by atoms with Crippen LogP contribution in [0.1, 0.15) is 44.3 Å². The van der Waals surface area contributed by atoms with E-state index >= 15 is 0 Å². The molecule has 3 unspecified atom stereocenters. The summed E-state index contributed by atoms with van der Waals surface area (Å²) in [6.45, 7) is 2.76. The second kappa shape index (κ2) is 5.74. The molecule has 1 aromatic carbocycles. The number of rotatable bonds is 4. The van der Waals surface area contributed by atoms with Crippen molar-refractivity contribution < 1.29 is 5.11 Å². The molecule has 0 saturated heterocycles. The molecule has 0 amide bonds. The van der Waals surface area contributed by atoms with E-state index in [0.717, 1.165) is 29.3 Å². The van der Waals surface area contributed by atoms with E-state index in [1.807, 2.05) is 30.3 Å². The molecular weight excluding hydrogens is 260 g/mol. The zero-order valence-electron chi connectivity index (χ0n) is 12.6. The van der Waals surface area contributed by atoms with E-state index in [1.54, 1.807) is 6.20 Å². The third-order valence-corrected chi connectivity index (χ3v) is 5.27. The Balaban J connectivity index is 2.01. The Kier molecular flexibility index (Phi) is 3.96. The predicted octanol–water partition coefficient (Wildman–Crippen LogP) is 3.42. The Hall–Kier alpha value is -1.45. The molecule has 21 heavy (non-hydrogen) atoms. The second-order valence-electron chi connectivity index (χ2n) is 6.41. The van der Waals surface area contributed by atoms with Crippen molar-refractivity contribution in [2.75, 3.05) is 6.54 Å². The summed E-state index contributed by atoms with van der Waals surface area (Å²) in [5, 5.41) is 12.1. The first-order valence-electron chi connectivity index (χ1n) is 7.92. The van der Waals surface area contributed by atoms with Gasteiger partial charge in [0.05, 0.1) is 11.6 Å². The van der Waals surface area contributed by atoms with E-state index in [4.69, 9.17) is 5.73 Å². The number of para-hydroxylation sites is 1. The summed E-state index contributed by atoms with van der Waals surface area (Å²) in [6, 6.07) is 10.0. The Morgan fingerprint density at radius 2 is 2.19 bits per heavy atom. The summed E-state index contributed by atoms with van der Waals surface area (Å²) in [4.78, 5) is 4.48. The lowest BCUT2D eigenvalue weighted by Crippen LogP contribution is -2.34. The van der Waals surface area contributed by atoms with Gasteiger partial charge in [-0.2, -0.15) is 0 Å². The standard InChI is InChI=1S/C18H24N2O/c1-2-13-8-9-18(11-13,12-19)17(21)15-7-3-5-14-6-4-10-20-16(14)15/h3-7,10,13,17,21H,2,8-9,11-12,19H2,1H3. The monoisotopic (exact) mass is 284 g/mol. The average molecular weight is 284 g/mol. The van der Waals surface area contributed by atoms with Crippen molar-refractivity contribution in [1.82, 2.24) is 4.98 Å². The molecule has 0 spiro atoms. The fourth-order valence-corrected chi connectivity index (χ4v) is 3.84. The van der Waals surface area contributed by atoms with Crippen LogP contribution in [0.2, 0.25) is 0 Å². The van der Waals surface area contributed by atoms with Gasteiger partial charge in [-0.3, -0.25) is 4.98 Å². The van der Waals surface area contributed by atoms with Crippen LogP contribution < -0.4 is 5.73 Å². The lowest BCUT2D eigenvalue weighted by atomic mass is 9.76. The van der Waals surface area contributed by atoms with Crippen molar-refractivity contribution in [3.63, 3.8) is 0 Å². The Morgan fingerprint density at radius 3 is 2.90 bits per heavy atom. The Labute approximate surface area is 126 Å². The number of nitrogens with zero attached hydrogens (tertiary/aromatic N) is 1. The molecule has 1 saturated carbocycles. The molecule has 0 radical (unpaired) electrons. The fraction of sp³-hybridized carbons (Fsp3) is 0.500. The molecule has 3 nitrogen and oxygen atoms in total. The highest BCUT2D eigenvalue weighted by Gasteiger charge is 2.44. The van der Waals surface area contributed by atoms with Gasteiger partial charge in [-0.1, -0.05) is 37.6 Å². The van der Waals surface area contributed by atoms with Gasteiger partial charge < -0.3 is 10.8 Å². The molecule has 0 bridgehead atoms. The molecule has 1 fully saturated rings. The summed E-state index contributed by atoms with van der Waals surface area (Å²) < 4.78 is 0. The SMILES string of the molecule is CCC1CCC(CN)(C(O)c2cccc3cccnc23)C1. The van der Waals surface area contributed by atoms with E-state index < -0.39 is 6.10 Å². The molecule has 3 N–H and O–H groups in total. The topological polar surface area (TPSA) is 59.1 Å². The minimum atomic E-state index is -0.530. The largest absolute Gasteiger partial charge is 0.388 e. The highest BCUT2D eigenvalue weighted by atomic mass is 16.3. The van der Waals surface area contributed by atoms with E-state index in [2.05, 4.69) is 11.9 Å². The summed E-state index contributed by atoms with van der Waals surface area (Å²) >= 11 is 0. The van der Waals surface area contributed by atoms with Gasteiger partial charge in [0.1, 0.15) is 0 Å². The lowest BCUT2D eigenvalue weighted by Gasteiger charge is -2.34. The predicted molar refractivity (Wildman–Crippen MR) is 85.8 cm³/mol. The number of hydrogen-bond donors (Lipinski definition) is 2. The van der Waals surface area contributed by atoms with E-state index in [9.17, 15) is 5.11 Å². The number of nitrogens with two attached hydrogens (primary N) is 1. The molecule has 1 aliphatic carbocycles. The molecular formula is C18H24N2O. The molecule has 3 heteroatoms. The molecule has 0 aliphatic heterocycles. The third-order valence-electron chi connectivity index (χ3n) is 5.27. The van der Waals surface area contributed by atoms with Gasteiger partial charge in [-0.25, -0.2) is 0 Å². The van der Waals surface area contributed by atoms with Gasteiger partial charge in [-0.05, 0) is 31.2 Å². The summed E-state index contributed by atoms with van der Waals surface area (Å²) in [5.74, 6) is 0.686. The van der Waals surface area contributed by atoms with Crippen LogP contribution in [0.25, 0.3) is 10.9 Å². The molecule has 3 atom stereocenters. The van der Waals surface area contributed by atoms with Gasteiger partial charge in [-0.15, -0.1) is 0 Å². The number of aromatic nitrogens is 1. The molecule has 1 heterocycles. The first-order chi connectivity index (χ1) is 10.2. The zero-order chi connectivity index (χ0) is 14.9. The van der Waals surface area contributed by atoms with Crippen molar-refractivity contribution in [3.8, 4) is 0 Å². The van der Waals surface area contributed by atoms with Crippen molar-refractivity contribution in [2.45, 2.75) is 38.7 Å². The molecule has 1 aromatic heterocycles. The highest BCUT2D eigenvalue weighted by Crippen LogP contribution is 2.50. The van der Waals surface area contributed by atoms with Crippen LogP contribution >= 0.6 is 0 Å². The van der Waals surface area contributed by atoms with Crippen molar-refractivity contribution in [1.29, 1.82) is 0 Å².